The highest BCUT2D eigenvalue weighted by Gasteiger charge is 2.22. The Morgan fingerprint density at radius 2 is 1.92 bits per heavy atom. The topological polar surface area (TPSA) is 102 Å². The van der Waals surface area contributed by atoms with Gasteiger partial charge in [-0.2, -0.15) is 0 Å². The highest BCUT2D eigenvalue weighted by atomic mass is 35.5. The molecule has 25 heavy (non-hydrogen) atoms. The molecule has 1 heterocycles. The van der Waals surface area contributed by atoms with E-state index in [9.17, 15) is 24.8 Å². The molecule has 0 aliphatic heterocycles. The van der Waals surface area contributed by atoms with Gasteiger partial charge in [-0.15, -0.1) is 0 Å². The Kier molecular flexibility index (Phi) is 4.02. The first kappa shape index (κ1) is 16.7. The molecule has 0 radical (unpaired) electrons. The Morgan fingerprint density at radius 3 is 2.56 bits per heavy atom. The zero-order valence-corrected chi connectivity index (χ0v) is 13.6. The predicted molar refractivity (Wildman–Crippen MR) is 93.2 cm³/mol. The molecule has 3 rings (SSSR count). The standard InChI is InChI=1S/C17H11ClN2O5/c1-19-15(17(22)23)14(9-3-2-4-11(7-9)20(24)25)13-8-10(18)5-6-12(13)16(19)21/h2-8H,1H3,(H,22,23). The maximum Gasteiger partial charge on any atom is 0.353 e. The van der Waals surface area contributed by atoms with Crippen molar-refractivity contribution in [3.8, 4) is 11.1 Å². The SMILES string of the molecule is Cn1c(C(=O)O)c(-c2cccc([N+](=O)[O-])c2)c2cc(Cl)ccc2c1=O. The molecule has 1 aromatic heterocycles. The van der Waals surface area contributed by atoms with Crippen molar-refractivity contribution in [3.05, 3.63) is 73.6 Å². The van der Waals surface area contributed by atoms with E-state index < -0.39 is 16.5 Å². The van der Waals surface area contributed by atoms with Crippen molar-refractivity contribution in [1.29, 1.82) is 0 Å². The summed E-state index contributed by atoms with van der Waals surface area (Å²) < 4.78 is 1.02. The van der Waals surface area contributed by atoms with E-state index in [0.717, 1.165) is 4.57 Å². The number of carboxylic acid groups (broad SMARTS) is 1. The van der Waals surface area contributed by atoms with Crippen molar-refractivity contribution in [2.24, 2.45) is 7.05 Å². The minimum Gasteiger partial charge on any atom is -0.477 e. The van der Waals surface area contributed by atoms with Crippen LogP contribution < -0.4 is 5.56 Å². The molecule has 0 saturated heterocycles. The summed E-state index contributed by atoms with van der Waals surface area (Å²) in [5, 5.41) is 21.6. The number of nitro benzene ring substituents is 1. The Labute approximate surface area is 145 Å². The largest absolute Gasteiger partial charge is 0.477 e. The van der Waals surface area contributed by atoms with Crippen LogP contribution >= 0.6 is 11.6 Å². The molecule has 0 bridgehead atoms. The van der Waals surface area contributed by atoms with Gasteiger partial charge in [-0.1, -0.05) is 23.7 Å². The van der Waals surface area contributed by atoms with E-state index >= 15 is 0 Å². The summed E-state index contributed by atoms with van der Waals surface area (Å²) in [6.45, 7) is 0. The van der Waals surface area contributed by atoms with Gasteiger partial charge in [0, 0.05) is 35.2 Å². The van der Waals surface area contributed by atoms with Gasteiger partial charge in [-0.25, -0.2) is 4.79 Å². The van der Waals surface area contributed by atoms with Gasteiger partial charge >= 0.3 is 5.97 Å². The summed E-state index contributed by atoms with van der Waals surface area (Å²) in [6, 6.07) is 10.1. The minimum absolute atomic E-state index is 0.183. The van der Waals surface area contributed by atoms with Crippen LogP contribution in [-0.2, 0) is 7.05 Å². The van der Waals surface area contributed by atoms with E-state index in [0.29, 0.717) is 16.0 Å². The summed E-state index contributed by atoms with van der Waals surface area (Å²) in [4.78, 5) is 34.7. The fourth-order valence-corrected chi connectivity index (χ4v) is 2.98. The van der Waals surface area contributed by atoms with E-state index in [-0.39, 0.29) is 22.3 Å². The normalized spacial score (nSPS) is 10.8. The highest BCUT2D eigenvalue weighted by Crippen LogP contribution is 2.33. The molecule has 0 saturated carbocycles. The van der Waals surface area contributed by atoms with Gasteiger partial charge < -0.3 is 9.67 Å². The molecule has 1 N–H and O–H groups in total. The number of hydrogen-bond donors (Lipinski definition) is 1. The third-order valence-electron chi connectivity index (χ3n) is 3.91. The van der Waals surface area contributed by atoms with Gasteiger partial charge in [0.1, 0.15) is 5.69 Å². The summed E-state index contributed by atoms with van der Waals surface area (Å²) in [6.07, 6.45) is 0. The smallest absolute Gasteiger partial charge is 0.353 e. The van der Waals surface area contributed by atoms with E-state index in [2.05, 4.69) is 0 Å². The first-order valence-corrected chi connectivity index (χ1v) is 7.49. The Bertz CT molecular complexity index is 1100. The number of pyridine rings is 1. The number of nitrogens with zero attached hydrogens (tertiary/aromatic N) is 2. The fraction of sp³-hybridized carbons (Fsp3) is 0.0588. The zero-order chi connectivity index (χ0) is 18.3. The van der Waals surface area contributed by atoms with Crippen LogP contribution in [-0.4, -0.2) is 20.6 Å². The van der Waals surface area contributed by atoms with E-state index in [4.69, 9.17) is 11.6 Å². The maximum absolute atomic E-state index is 12.5. The highest BCUT2D eigenvalue weighted by molar-refractivity contribution is 6.31. The minimum atomic E-state index is -1.32. The van der Waals surface area contributed by atoms with Gasteiger partial charge in [-0.3, -0.25) is 14.9 Å². The van der Waals surface area contributed by atoms with Crippen LogP contribution in [0.4, 0.5) is 5.69 Å². The van der Waals surface area contributed by atoms with E-state index in [1.807, 2.05) is 0 Å². The molecule has 3 aromatic rings. The zero-order valence-electron chi connectivity index (χ0n) is 12.9. The molecule has 0 aliphatic rings. The monoisotopic (exact) mass is 358 g/mol. The van der Waals surface area contributed by atoms with Crippen LogP contribution in [0.1, 0.15) is 10.5 Å². The van der Waals surface area contributed by atoms with Crippen molar-refractivity contribution in [3.63, 3.8) is 0 Å². The van der Waals surface area contributed by atoms with Gasteiger partial charge in [0.25, 0.3) is 11.2 Å². The average Bonchev–Trinajstić information content (AvgIpc) is 2.57. The van der Waals surface area contributed by atoms with Crippen molar-refractivity contribution < 1.29 is 14.8 Å². The maximum atomic E-state index is 12.5. The molecular formula is C17H11ClN2O5. The lowest BCUT2D eigenvalue weighted by Gasteiger charge is -2.15. The molecule has 0 aliphatic carbocycles. The van der Waals surface area contributed by atoms with Crippen molar-refractivity contribution in [2.45, 2.75) is 0 Å². The van der Waals surface area contributed by atoms with E-state index in [1.165, 1.54) is 43.4 Å². The number of benzene rings is 2. The van der Waals surface area contributed by atoms with E-state index in [1.54, 1.807) is 6.07 Å². The second kappa shape index (κ2) is 6.03. The second-order valence-electron chi connectivity index (χ2n) is 5.39. The average molecular weight is 359 g/mol. The number of halogens is 1. The van der Waals surface area contributed by atoms with Gasteiger partial charge in [-0.05, 0) is 29.1 Å². The number of aromatic nitrogens is 1. The van der Waals surface area contributed by atoms with Gasteiger partial charge in [0.2, 0.25) is 0 Å². The number of carboxylic acids is 1. The number of hydrogen-bond acceptors (Lipinski definition) is 4. The number of non-ortho nitro benzene ring substituents is 1. The molecule has 8 heteroatoms. The second-order valence-corrected chi connectivity index (χ2v) is 5.83. The first-order valence-electron chi connectivity index (χ1n) is 7.11. The molecule has 126 valence electrons. The number of aromatic carboxylic acids is 1. The molecule has 0 fully saturated rings. The number of carbonyl (C=O) groups is 1. The van der Waals surface area contributed by atoms with Crippen molar-refractivity contribution in [1.82, 2.24) is 4.57 Å². The molecular weight excluding hydrogens is 348 g/mol. The van der Waals surface area contributed by atoms with Crippen LogP contribution in [0.2, 0.25) is 5.02 Å². The van der Waals surface area contributed by atoms with Crippen LogP contribution in [0.15, 0.2) is 47.3 Å². The third-order valence-corrected chi connectivity index (χ3v) is 4.14. The Morgan fingerprint density at radius 1 is 1.20 bits per heavy atom. The molecule has 2 aromatic carbocycles. The summed E-state index contributed by atoms with van der Waals surface area (Å²) in [5.41, 5.74) is -0.415. The lowest BCUT2D eigenvalue weighted by Crippen LogP contribution is -2.24. The lowest BCUT2D eigenvalue weighted by molar-refractivity contribution is -0.384. The number of rotatable bonds is 3. The van der Waals surface area contributed by atoms with Gasteiger partial charge in [0.05, 0.1) is 4.92 Å². The summed E-state index contributed by atoms with van der Waals surface area (Å²) in [7, 11) is 1.35. The van der Waals surface area contributed by atoms with Gasteiger partial charge in [0.15, 0.2) is 0 Å². The molecule has 0 atom stereocenters. The first-order chi connectivity index (χ1) is 11.8. The Hall–Kier alpha value is -3.19. The van der Waals surface area contributed by atoms with Crippen LogP contribution in [0.25, 0.3) is 21.9 Å². The van der Waals surface area contributed by atoms with Crippen LogP contribution in [0, 0.1) is 10.1 Å². The lowest BCUT2D eigenvalue weighted by atomic mass is 9.96. The quantitative estimate of drug-likeness (QED) is 0.570. The molecule has 0 amide bonds. The van der Waals surface area contributed by atoms with Crippen LogP contribution in [0.3, 0.4) is 0 Å². The van der Waals surface area contributed by atoms with Crippen LogP contribution in [0.5, 0.6) is 0 Å². The summed E-state index contributed by atoms with van der Waals surface area (Å²) >= 11 is 6.02. The third kappa shape index (κ3) is 2.74. The predicted octanol–water partition coefficient (Wildman–Crippen LogP) is 3.47. The fourth-order valence-electron chi connectivity index (χ4n) is 2.80. The molecule has 0 unspecified atom stereocenters. The number of fused-ring (bicyclic) bond motifs is 1. The van der Waals surface area contributed by atoms with Crippen molar-refractivity contribution in [2.75, 3.05) is 0 Å². The van der Waals surface area contributed by atoms with Crippen molar-refractivity contribution >= 4 is 34.0 Å². The molecule has 0 spiro atoms. The Balaban J connectivity index is 2.54. The summed E-state index contributed by atoms with van der Waals surface area (Å²) in [5.74, 6) is -1.32. The number of nitro groups is 1. The molecule has 7 nitrogen and oxygen atoms in total.